The molecule has 9 nitrogen and oxygen atoms in total. The molecule has 0 atom stereocenters. The summed E-state index contributed by atoms with van der Waals surface area (Å²) < 4.78 is 4.62. The minimum Gasteiger partial charge on any atom is -0.465 e. The summed E-state index contributed by atoms with van der Waals surface area (Å²) in [7, 11) is 1.23. The number of methoxy groups -OCH3 is 1. The van der Waals surface area contributed by atoms with Crippen LogP contribution in [0.3, 0.4) is 0 Å². The van der Waals surface area contributed by atoms with Gasteiger partial charge in [-0.25, -0.2) is 14.5 Å². The Morgan fingerprint density at radius 2 is 1.85 bits per heavy atom. The molecule has 1 aromatic carbocycles. The standard InChI is InChI=1S/C17H17N3O6/c1-4-7-19-14(22)15(23)20(17(19)25)9-13(21)18-12-8-11(16(24)26-3)6-5-10(12)2/h4-6,8H,1,7,9H2,2-3H3,(H,18,21). The molecule has 26 heavy (non-hydrogen) atoms. The third-order valence-electron chi connectivity index (χ3n) is 3.68. The maximum Gasteiger partial charge on any atom is 0.337 e. The summed E-state index contributed by atoms with van der Waals surface area (Å²) >= 11 is 0. The van der Waals surface area contributed by atoms with Crippen molar-refractivity contribution in [1.29, 1.82) is 0 Å². The van der Waals surface area contributed by atoms with Gasteiger partial charge in [-0.2, -0.15) is 0 Å². The van der Waals surface area contributed by atoms with Gasteiger partial charge in [0.1, 0.15) is 6.54 Å². The molecule has 0 spiro atoms. The van der Waals surface area contributed by atoms with Crippen LogP contribution in [0.2, 0.25) is 0 Å². The summed E-state index contributed by atoms with van der Waals surface area (Å²) in [6, 6.07) is 3.69. The number of benzene rings is 1. The summed E-state index contributed by atoms with van der Waals surface area (Å²) in [6.45, 7) is 4.36. The molecular weight excluding hydrogens is 342 g/mol. The lowest BCUT2D eigenvalue weighted by Gasteiger charge is -2.15. The Hall–Kier alpha value is -3.49. The van der Waals surface area contributed by atoms with Crippen LogP contribution in [0.4, 0.5) is 10.5 Å². The largest absolute Gasteiger partial charge is 0.465 e. The van der Waals surface area contributed by atoms with Crippen molar-refractivity contribution in [2.75, 3.05) is 25.5 Å². The van der Waals surface area contributed by atoms with Crippen molar-refractivity contribution in [2.24, 2.45) is 0 Å². The highest BCUT2D eigenvalue weighted by Crippen LogP contribution is 2.18. The SMILES string of the molecule is C=CCN1C(=O)C(=O)N(CC(=O)Nc2cc(C(=O)OC)ccc2C)C1=O. The molecule has 1 heterocycles. The van der Waals surface area contributed by atoms with Crippen molar-refractivity contribution in [2.45, 2.75) is 6.92 Å². The van der Waals surface area contributed by atoms with E-state index >= 15 is 0 Å². The average molecular weight is 359 g/mol. The van der Waals surface area contributed by atoms with E-state index in [9.17, 15) is 24.0 Å². The fraction of sp³-hybridized carbons (Fsp3) is 0.235. The first-order valence-corrected chi connectivity index (χ1v) is 7.57. The molecule has 1 N–H and O–H groups in total. The van der Waals surface area contributed by atoms with Gasteiger partial charge < -0.3 is 10.1 Å². The normalized spacial score (nSPS) is 13.8. The van der Waals surface area contributed by atoms with E-state index in [4.69, 9.17) is 0 Å². The molecule has 0 aliphatic carbocycles. The number of imide groups is 2. The van der Waals surface area contributed by atoms with Crippen LogP contribution in [-0.4, -0.2) is 59.7 Å². The van der Waals surface area contributed by atoms with Gasteiger partial charge in [0.2, 0.25) is 5.91 Å². The molecule has 5 amide bonds. The first-order chi connectivity index (χ1) is 12.3. The van der Waals surface area contributed by atoms with Gasteiger partial charge in [0.25, 0.3) is 0 Å². The molecule has 1 aliphatic heterocycles. The molecule has 0 aromatic heterocycles. The molecule has 1 aliphatic rings. The van der Waals surface area contributed by atoms with Gasteiger partial charge in [-0.05, 0) is 24.6 Å². The Balaban J connectivity index is 2.13. The number of ether oxygens (including phenoxy) is 1. The van der Waals surface area contributed by atoms with Crippen molar-refractivity contribution < 1.29 is 28.7 Å². The van der Waals surface area contributed by atoms with E-state index < -0.39 is 36.3 Å². The summed E-state index contributed by atoms with van der Waals surface area (Å²) in [5.74, 6) is -3.35. The zero-order valence-electron chi connectivity index (χ0n) is 14.3. The zero-order valence-corrected chi connectivity index (χ0v) is 14.3. The van der Waals surface area contributed by atoms with Crippen LogP contribution in [0.25, 0.3) is 0 Å². The van der Waals surface area contributed by atoms with Crippen molar-refractivity contribution in [1.82, 2.24) is 9.80 Å². The van der Waals surface area contributed by atoms with E-state index in [1.165, 1.54) is 25.3 Å². The molecule has 0 unspecified atom stereocenters. The fourth-order valence-corrected chi connectivity index (χ4v) is 2.31. The van der Waals surface area contributed by atoms with Crippen LogP contribution >= 0.6 is 0 Å². The highest BCUT2D eigenvalue weighted by molar-refractivity contribution is 6.45. The zero-order chi connectivity index (χ0) is 19.4. The molecule has 9 heteroatoms. The van der Waals surface area contributed by atoms with Crippen LogP contribution < -0.4 is 5.32 Å². The highest BCUT2D eigenvalue weighted by Gasteiger charge is 2.44. The summed E-state index contributed by atoms with van der Waals surface area (Å²) in [5, 5.41) is 2.52. The topological polar surface area (TPSA) is 113 Å². The second-order valence-corrected chi connectivity index (χ2v) is 5.45. The Kier molecular flexibility index (Phi) is 5.51. The Bertz CT molecular complexity index is 817. The smallest absolute Gasteiger partial charge is 0.337 e. The molecular formula is C17H17N3O6. The molecule has 0 radical (unpaired) electrons. The second kappa shape index (κ2) is 7.60. The number of nitrogens with zero attached hydrogens (tertiary/aromatic N) is 2. The predicted octanol–water partition coefficient (Wildman–Crippen LogP) is 0.697. The van der Waals surface area contributed by atoms with Gasteiger partial charge in [-0.1, -0.05) is 12.1 Å². The number of esters is 1. The summed E-state index contributed by atoms with van der Waals surface area (Å²) in [5.41, 5.74) is 1.22. The fourth-order valence-electron chi connectivity index (χ4n) is 2.31. The average Bonchev–Trinajstić information content (AvgIpc) is 2.81. The van der Waals surface area contributed by atoms with Gasteiger partial charge in [0, 0.05) is 12.2 Å². The number of anilines is 1. The van der Waals surface area contributed by atoms with E-state index in [-0.39, 0.29) is 12.1 Å². The molecule has 1 fully saturated rings. The number of nitrogens with one attached hydrogen (secondary N) is 1. The second-order valence-electron chi connectivity index (χ2n) is 5.45. The number of carbonyl (C=O) groups is 5. The minimum atomic E-state index is -1.08. The predicted molar refractivity (Wildman–Crippen MR) is 90.2 cm³/mol. The molecule has 1 aromatic rings. The number of carbonyl (C=O) groups excluding carboxylic acids is 5. The number of aryl methyl sites for hydroxylation is 1. The number of urea groups is 1. The van der Waals surface area contributed by atoms with Crippen molar-refractivity contribution >= 4 is 35.4 Å². The highest BCUT2D eigenvalue weighted by atomic mass is 16.5. The third-order valence-corrected chi connectivity index (χ3v) is 3.68. The van der Waals surface area contributed by atoms with Crippen LogP contribution in [0.5, 0.6) is 0 Å². The lowest BCUT2D eigenvalue weighted by Crippen LogP contribution is -2.39. The van der Waals surface area contributed by atoms with Crippen LogP contribution in [0, 0.1) is 6.92 Å². The Morgan fingerprint density at radius 1 is 1.19 bits per heavy atom. The summed E-state index contributed by atoms with van der Waals surface area (Å²) in [4.78, 5) is 60.7. The van der Waals surface area contributed by atoms with Crippen LogP contribution in [0.1, 0.15) is 15.9 Å². The van der Waals surface area contributed by atoms with E-state index in [1.54, 1.807) is 13.0 Å². The third kappa shape index (κ3) is 3.61. The van der Waals surface area contributed by atoms with Gasteiger partial charge >= 0.3 is 23.8 Å². The maximum absolute atomic E-state index is 12.2. The van der Waals surface area contributed by atoms with Gasteiger partial charge in [0.15, 0.2) is 0 Å². The molecule has 136 valence electrons. The van der Waals surface area contributed by atoms with E-state index in [0.29, 0.717) is 21.1 Å². The van der Waals surface area contributed by atoms with Gasteiger partial charge in [-0.3, -0.25) is 19.3 Å². The minimum absolute atomic E-state index is 0.123. The maximum atomic E-state index is 12.2. The first kappa shape index (κ1) is 18.8. The number of amides is 5. The summed E-state index contributed by atoms with van der Waals surface area (Å²) in [6.07, 6.45) is 1.30. The molecule has 0 saturated carbocycles. The molecule has 2 rings (SSSR count). The van der Waals surface area contributed by atoms with E-state index in [0.717, 1.165) is 0 Å². The molecule has 0 bridgehead atoms. The van der Waals surface area contributed by atoms with Crippen molar-refractivity contribution in [3.63, 3.8) is 0 Å². The van der Waals surface area contributed by atoms with Crippen LogP contribution in [0.15, 0.2) is 30.9 Å². The monoisotopic (exact) mass is 359 g/mol. The lowest BCUT2D eigenvalue weighted by atomic mass is 10.1. The van der Waals surface area contributed by atoms with Gasteiger partial charge in [-0.15, -0.1) is 6.58 Å². The first-order valence-electron chi connectivity index (χ1n) is 7.57. The number of hydrogen-bond acceptors (Lipinski definition) is 6. The lowest BCUT2D eigenvalue weighted by molar-refractivity contribution is -0.143. The Labute approximate surface area is 149 Å². The quantitative estimate of drug-likeness (QED) is 0.346. The van der Waals surface area contributed by atoms with Gasteiger partial charge in [0.05, 0.1) is 12.7 Å². The molecule has 1 saturated heterocycles. The van der Waals surface area contributed by atoms with E-state index in [1.807, 2.05) is 0 Å². The number of rotatable bonds is 6. The van der Waals surface area contributed by atoms with Crippen molar-refractivity contribution in [3.05, 3.63) is 42.0 Å². The van der Waals surface area contributed by atoms with Crippen molar-refractivity contribution in [3.8, 4) is 0 Å². The van der Waals surface area contributed by atoms with E-state index in [2.05, 4.69) is 16.6 Å². The Morgan fingerprint density at radius 3 is 2.46 bits per heavy atom. The van der Waals surface area contributed by atoms with Crippen LogP contribution in [-0.2, 0) is 19.1 Å². The number of hydrogen-bond donors (Lipinski definition) is 1.